The largest absolute Gasteiger partial charge is 0.352 e. The summed E-state index contributed by atoms with van der Waals surface area (Å²) in [6.45, 7) is 0.127. The second-order valence-electron chi connectivity index (χ2n) is 4.14. The summed E-state index contributed by atoms with van der Waals surface area (Å²) in [4.78, 5) is 24.9. The van der Waals surface area contributed by atoms with Crippen LogP contribution in [0.15, 0.2) is 11.4 Å². The molecule has 0 bridgehead atoms. The SMILES string of the molecule is CN(CC(=O)NC1CC1)C(=O)c1csc(I)c1. The lowest BCUT2D eigenvalue weighted by atomic mass is 10.3. The molecule has 17 heavy (non-hydrogen) atoms. The fraction of sp³-hybridized carbons (Fsp3) is 0.455. The Morgan fingerprint density at radius 2 is 2.29 bits per heavy atom. The Labute approximate surface area is 118 Å². The quantitative estimate of drug-likeness (QED) is 0.827. The van der Waals surface area contributed by atoms with E-state index in [-0.39, 0.29) is 18.4 Å². The summed E-state index contributed by atoms with van der Waals surface area (Å²) in [5, 5.41) is 4.68. The maximum Gasteiger partial charge on any atom is 0.254 e. The van der Waals surface area contributed by atoms with Crippen molar-refractivity contribution in [1.29, 1.82) is 0 Å². The first-order valence-corrected chi connectivity index (χ1v) is 7.31. The number of thiophene rings is 1. The molecule has 0 atom stereocenters. The molecule has 6 heteroatoms. The van der Waals surface area contributed by atoms with Crippen molar-refractivity contribution in [2.24, 2.45) is 0 Å². The normalized spacial score (nSPS) is 14.5. The lowest BCUT2D eigenvalue weighted by molar-refractivity contribution is -0.121. The number of halogens is 1. The highest BCUT2D eigenvalue weighted by molar-refractivity contribution is 14.1. The molecule has 1 aromatic rings. The summed E-state index contributed by atoms with van der Waals surface area (Å²) >= 11 is 3.70. The summed E-state index contributed by atoms with van der Waals surface area (Å²) in [5.41, 5.74) is 0.654. The standard InChI is InChI=1S/C11H13IN2O2S/c1-14(5-10(15)13-8-2-3-8)11(16)7-4-9(12)17-6-7/h4,6,8H,2-3,5H2,1H3,(H,13,15). The van der Waals surface area contributed by atoms with Crippen LogP contribution in [-0.2, 0) is 4.79 Å². The first kappa shape index (κ1) is 12.8. The van der Waals surface area contributed by atoms with Crippen molar-refractivity contribution in [2.75, 3.05) is 13.6 Å². The molecule has 0 spiro atoms. The molecule has 92 valence electrons. The van der Waals surface area contributed by atoms with Crippen molar-refractivity contribution in [3.05, 3.63) is 19.9 Å². The highest BCUT2D eigenvalue weighted by atomic mass is 127. The van der Waals surface area contributed by atoms with E-state index in [2.05, 4.69) is 27.9 Å². The van der Waals surface area contributed by atoms with Gasteiger partial charge in [-0.3, -0.25) is 9.59 Å². The topological polar surface area (TPSA) is 49.4 Å². The van der Waals surface area contributed by atoms with Crippen molar-refractivity contribution in [3.8, 4) is 0 Å². The molecule has 2 rings (SSSR count). The van der Waals surface area contributed by atoms with Crippen LogP contribution in [-0.4, -0.2) is 36.3 Å². The number of hydrogen-bond acceptors (Lipinski definition) is 3. The Bertz CT molecular complexity index is 442. The minimum atomic E-state index is -0.102. The van der Waals surface area contributed by atoms with Crippen LogP contribution in [0.2, 0.25) is 0 Å². The second-order valence-corrected chi connectivity index (χ2v) is 6.95. The van der Waals surface area contributed by atoms with Crippen LogP contribution >= 0.6 is 33.9 Å². The Balaban J connectivity index is 1.88. The highest BCUT2D eigenvalue weighted by Crippen LogP contribution is 2.19. The number of amides is 2. The molecule has 1 saturated carbocycles. The van der Waals surface area contributed by atoms with Crippen molar-refractivity contribution >= 4 is 45.7 Å². The molecule has 1 fully saturated rings. The van der Waals surface area contributed by atoms with Crippen molar-refractivity contribution < 1.29 is 9.59 Å². The summed E-state index contributed by atoms with van der Waals surface area (Å²) in [6.07, 6.45) is 2.12. The fourth-order valence-electron chi connectivity index (χ4n) is 1.43. The maximum absolute atomic E-state index is 11.9. The number of rotatable bonds is 4. The average Bonchev–Trinajstić information content (AvgIpc) is 2.96. The molecule has 1 aliphatic rings. The number of nitrogens with zero attached hydrogens (tertiary/aromatic N) is 1. The van der Waals surface area contributed by atoms with Crippen LogP contribution in [0.1, 0.15) is 23.2 Å². The maximum atomic E-state index is 11.9. The van der Waals surface area contributed by atoms with Crippen LogP contribution < -0.4 is 5.32 Å². The molecule has 1 heterocycles. The number of carbonyl (C=O) groups excluding carboxylic acids is 2. The van der Waals surface area contributed by atoms with Gasteiger partial charge in [0.25, 0.3) is 5.91 Å². The van der Waals surface area contributed by atoms with Crippen LogP contribution in [0.4, 0.5) is 0 Å². The van der Waals surface area contributed by atoms with Gasteiger partial charge in [-0.1, -0.05) is 0 Å². The van der Waals surface area contributed by atoms with Gasteiger partial charge in [-0.25, -0.2) is 0 Å². The van der Waals surface area contributed by atoms with E-state index in [4.69, 9.17) is 0 Å². The van der Waals surface area contributed by atoms with E-state index in [0.29, 0.717) is 11.6 Å². The van der Waals surface area contributed by atoms with Crippen molar-refractivity contribution in [3.63, 3.8) is 0 Å². The van der Waals surface area contributed by atoms with Gasteiger partial charge in [-0.15, -0.1) is 11.3 Å². The Hall–Kier alpha value is -0.630. The fourth-order valence-corrected chi connectivity index (χ4v) is 2.75. The lowest BCUT2D eigenvalue weighted by Gasteiger charge is -2.15. The molecular weight excluding hydrogens is 351 g/mol. The summed E-state index contributed by atoms with van der Waals surface area (Å²) in [7, 11) is 1.65. The third kappa shape index (κ3) is 3.67. The van der Waals surface area contributed by atoms with E-state index < -0.39 is 0 Å². The predicted octanol–water partition coefficient (Wildman–Crippen LogP) is 1.70. The molecular formula is C11H13IN2O2S. The predicted molar refractivity (Wildman–Crippen MR) is 75.2 cm³/mol. The molecule has 4 nitrogen and oxygen atoms in total. The van der Waals surface area contributed by atoms with E-state index >= 15 is 0 Å². The number of hydrogen-bond donors (Lipinski definition) is 1. The highest BCUT2D eigenvalue weighted by Gasteiger charge is 2.24. The molecule has 0 unspecified atom stereocenters. The van der Waals surface area contributed by atoms with E-state index in [9.17, 15) is 9.59 Å². The molecule has 1 aliphatic carbocycles. The number of likely N-dealkylation sites (N-methyl/N-ethyl adjacent to an activating group) is 1. The lowest BCUT2D eigenvalue weighted by Crippen LogP contribution is -2.39. The van der Waals surface area contributed by atoms with Gasteiger partial charge in [0.15, 0.2) is 0 Å². The minimum Gasteiger partial charge on any atom is -0.352 e. The van der Waals surface area contributed by atoms with Gasteiger partial charge in [-0.05, 0) is 41.5 Å². The number of carbonyl (C=O) groups is 2. The van der Waals surface area contributed by atoms with Gasteiger partial charge in [0.2, 0.25) is 5.91 Å². The molecule has 0 aliphatic heterocycles. The zero-order valence-corrected chi connectivity index (χ0v) is 12.4. The molecule has 0 aromatic carbocycles. The average molecular weight is 364 g/mol. The minimum absolute atomic E-state index is 0.0757. The first-order chi connectivity index (χ1) is 8.06. The Morgan fingerprint density at radius 3 is 2.82 bits per heavy atom. The van der Waals surface area contributed by atoms with Gasteiger partial charge in [0, 0.05) is 18.5 Å². The summed E-state index contributed by atoms with van der Waals surface area (Å²) in [6, 6.07) is 2.18. The van der Waals surface area contributed by atoms with E-state index in [0.717, 1.165) is 15.7 Å². The smallest absolute Gasteiger partial charge is 0.254 e. The van der Waals surface area contributed by atoms with Crippen LogP contribution in [0.3, 0.4) is 0 Å². The Kier molecular flexibility index (Phi) is 4.03. The van der Waals surface area contributed by atoms with Gasteiger partial charge >= 0.3 is 0 Å². The third-order valence-electron chi connectivity index (χ3n) is 2.48. The molecule has 1 aromatic heterocycles. The monoisotopic (exact) mass is 364 g/mol. The van der Waals surface area contributed by atoms with Gasteiger partial charge in [0.05, 0.1) is 15.0 Å². The van der Waals surface area contributed by atoms with Crippen molar-refractivity contribution in [2.45, 2.75) is 18.9 Å². The van der Waals surface area contributed by atoms with Crippen LogP contribution in [0, 0.1) is 2.88 Å². The Morgan fingerprint density at radius 1 is 1.59 bits per heavy atom. The van der Waals surface area contributed by atoms with E-state index in [1.807, 2.05) is 11.4 Å². The third-order valence-corrected chi connectivity index (χ3v) is 4.27. The van der Waals surface area contributed by atoms with Gasteiger partial charge < -0.3 is 10.2 Å². The molecule has 1 N–H and O–H groups in total. The van der Waals surface area contributed by atoms with Crippen LogP contribution in [0.25, 0.3) is 0 Å². The number of nitrogens with one attached hydrogen (secondary N) is 1. The second kappa shape index (κ2) is 5.34. The van der Waals surface area contributed by atoms with Crippen LogP contribution in [0.5, 0.6) is 0 Å². The van der Waals surface area contributed by atoms with Gasteiger partial charge in [-0.2, -0.15) is 0 Å². The molecule has 0 saturated heterocycles. The zero-order valence-electron chi connectivity index (χ0n) is 9.40. The summed E-state index contributed by atoms with van der Waals surface area (Å²) in [5.74, 6) is -0.177. The first-order valence-electron chi connectivity index (χ1n) is 5.35. The molecule has 2 amide bonds. The zero-order chi connectivity index (χ0) is 12.4. The van der Waals surface area contributed by atoms with E-state index in [1.54, 1.807) is 7.05 Å². The summed E-state index contributed by atoms with van der Waals surface area (Å²) < 4.78 is 1.07. The van der Waals surface area contributed by atoms with E-state index in [1.165, 1.54) is 16.2 Å². The molecule has 0 radical (unpaired) electrons. The van der Waals surface area contributed by atoms with Crippen molar-refractivity contribution in [1.82, 2.24) is 10.2 Å². The van der Waals surface area contributed by atoms with Gasteiger partial charge in [0.1, 0.15) is 0 Å².